The van der Waals surface area contributed by atoms with Crippen molar-refractivity contribution in [2.45, 2.75) is 64.8 Å². The quantitative estimate of drug-likeness (QED) is 0.716. The first-order valence-corrected chi connectivity index (χ1v) is 8.60. The van der Waals surface area contributed by atoms with Crippen LogP contribution < -0.4 is 5.32 Å². The second kappa shape index (κ2) is 8.46. The molecular weight excluding hydrogens is 242 g/mol. The maximum Gasteiger partial charge on any atom is 0.00954 e. The van der Waals surface area contributed by atoms with Crippen LogP contribution >= 0.6 is 0 Å². The Morgan fingerprint density at radius 1 is 1.15 bits per heavy atom. The summed E-state index contributed by atoms with van der Waals surface area (Å²) in [6.45, 7) is 5.71. The van der Waals surface area contributed by atoms with Crippen LogP contribution in [0.15, 0.2) is 30.3 Å². The van der Waals surface area contributed by atoms with Gasteiger partial charge in [0, 0.05) is 6.04 Å². The van der Waals surface area contributed by atoms with Gasteiger partial charge < -0.3 is 5.32 Å². The summed E-state index contributed by atoms with van der Waals surface area (Å²) < 4.78 is 0. The van der Waals surface area contributed by atoms with Gasteiger partial charge >= 0.3 is 0 Å². The van der Waals surface area contributed by atoms with Gasteiger partial charge in [-0.2, -0.15) is 0 Å². The maximum atomic E-state index is 3.76. The van der Waals surface area contributed by atoms with Gasteiger partial charge in [0.05, 0.1) is 0 Å². The van der Waals surface area contributed by atoms with Crippen molar-refractivity contribution in [2.75, 3.05) is 6.54 Å². The molecule has 0 aliphatic heterocycles. The lowest BCUT2D eigenvalue weighted by molar-refractivity contribution is 0.329. The molecule has 1 aromatic rings. The summed E-state index contributed by atoms with van der Waals surface area (Å²) in [4.78, 5) is 0. The third-order valence-electron chi connectivity index (χ3n) is 5.02. The Labute approximate surface area is 125 Å². The first kappa shape index (κ1) is 15.6. The molecular formula is C19H31N. The van der Waals surface area contributed by atoms with Gasteiger partial charge in [0.25, 0.3) is 0 Å². The number of benzene rings is 1. The molecule has 3 unspecified atom stereocenters. The molecule has 0 amide bonds. The molecule has 1 aliphatic carbocycles. The fraction of sp³-hybridized carbons (Fsp3) is 0.684. The maximum absolute atomic E-state index is 3.76. The molecule has 3 atom stereocenters. The molecule has 0 aromatic heterocycles. The van der Waals surface area contributed by atoms with E-state index in [2.05, 4.69) is 49.5 Å². The van der Waals surface area contributed by atoms with Crippen LogP contribution in [0.5, 0.6) is 0 Å². The molecule has 20 heavy (non-hydrogen) atoms. The van der Waals surface area contributed by atoms with Crippen LogP contribution in [0.4, 0.5) is 0 Å². The molecule has 1 N–H and O–H groups in total. The Morgan fingerprint density at radius 3 is 2.60 bits per heavy atom. The average molecular weight is 273 g/mol. The van der Waals surface area contributed by atoms with Gasteiger partial charge in [-0.1, -0.05) is 57.0 Å². The number of rotatable bonds is 8. The van der Waals surface area contributed by atoms with E-state index in [0.29, 0.717) is 0 Å². The third-order valence-corrected chi connectivity index (χ3v) is 5.02. The standard InChI is InChI=1S/C19H31N/c1-3-16-13-14-18(15-16)19(20-4-2)12-8-11-17-9-6-5-7-10-17/h5-7,9-10,16,18-20H,3-4,8,11-15H2,1-2H3. The highest BCUT2D eigenvalue weighted by Gasteiger charge is 2.29. The van der Waals surface area contributed by atoms with Gasteiger partial charge in [-0.05, 0) is 56.0 Å². The van der Waals surface area contributed by atoms with Crippen LogP contribution in [-0.2, 0) is 6.42 Å². The van der Waals surface area contributed by atoms with E-state index >= 15 is 0 Å². The Bertz CT molecular complexity index is 359. The van der Waals surface area contributed by atoms with Crippen LogP contribution in [-0.4, -0.2) is 12.6 Å². The van der Waals surface area contributed by atoms with Crippen molar-refractivity contribution in [1.29, 1.82) is 0 Å². The molecule has 112 valence electrons. The van der Waals surface area contributed by atoms with Crippen LogP contribution in [0.2, 0.25) is 0 Å². The molecule has 0 saturated heterocycles. The van der Waals surface area contributed by atoms with Crippen molar-refractivity contribution in [3.05, 3.63) is 35.9 Å². The molecule has 1 fully saturated rings. The fourth-order valence-electron chi connectivity index (χ4n) is 3.79. The van der Waals surface area contributed by atoms with E-state index in [1.54, 1.807) is 0 Å². The lowest BCUT2D eigenvalue weighted by Crippen LogP contribution is -2.35. The highest BCUT2D eigenvalue weighted by molar-refractivity contribution is 5.14. The predicted octanol–water partition coefficient (Wildman–Crippen LogP) is 4.81. The second-order valence-corrected chi connectivity index (χ2v) is 6.39. The highest BCUT2D eigenvalue weighted by atomic mass is 14.9. The zero-order valence-corrected chi connectivity index (χ0v) is 13.3. The summed E-state index contributed by atoms with van der Waals surface area (Å²) in [7, 11) is 0. The van der Waals surface area contributed by atoms with Crippen LogP contribution in [0.3, 0.4) is 0 Å². The summed E-state index contributed by atoms with van der Waals surface area (Å²) in [6, 6.07) is 11.7. The normalized spacial score (nSPS) is 23.9. The van der Waals surface area contributed by atoms with Gasteiger partial charge in [-0.3, -0.25) is 0 Å². The molecule has 0 spiro atoms. The van der Waals surface area contributed by atoms with E-state index < -0.39 is 0 Å². The second-order valence-electron chi connectivity index (χ2n) is 6.39. The monoisotopic (exact) mass is 273 g/mol. The SMILES string of the molecule is CCNC(CCCc1ccccc1)C1CCC(CC)C1. The third kappa shape index (κ3) is 4.63. The highest BCUT2D eigenvalue weighted by Crippen LogP contribution is 2.36. The first-order valence-electron chi connectivity index (χ1n) is 8.60. The first-order chi connectivity index (χ1) is 9.83. The molecule has 1 aliphatic rings. The van der Waals surface area contributed by atoms with E-state index in [9.17, 15) is 0 Å². The molecule has 1 saturated carbocycles. The van der Waals surface area contributed by atoms with Gasteiger partial charge in [-0.15, -0.1) is 0 Å². The largest absolute Gasteiger partial charge is 0.314 e. The predicted molar refractivity (Wildman–Crippen MR) is 88.0 cm³/mol. The molecule has 0 radical (unpaired) electrons. The molecule has 1 nitrogen and oxygen atoms in total. The Hall–Kier alpha value is -0.820. The molecule has 2 rings (SSSR count). The summed E-state index contributed by atoms with van der Waals surface area (Å²) in [5, 5.41) is 3.76. The molecule has 1 heteroatoms. The van der Waals surface area contributed by atoms with Crippen molar-refractivity contribution in [1.82, 2.24) is 5.32 Å². The van der Waals surface area contributed by atoms with Crippen molar-refractivity contribution in [3.8, 4) is 0 Å². The minimum atomic E-state index is 0.750. The lowest BCUT2D eigenvalue weighted by Gasteiger charge is -2.24. The number of aryl methyl sites for hydroxylation is 1. The van der Waals surface area contributed by atoms with E-state index in [0.717, 1.165) is 24.4 Å². The smallest absolute Gasteiger partial charge is 0.00954 e. The van der Waals surface area contributed by atoms with Crippen molar-refractivity contribution < 1.29 is 0 Å². The van der Waals surface area contributed by atoms with E-state index in [1.165, 1.54) is 50.5 Å². The number of nitrogens with one attached hydrogen (secondary N) is 1. The fourth-order valence-corrected chi connectivity index (χ4v) is 3.79. The van der Waals surface area contributed by atoms with Crippen molar-refractivity contribution in [3.63, 3.8) is 0 Å². The van der Waals surface area contributed by atoms with Crippen LogP contribution in [0.1, 0.15) is 57.9 Å². The lowest BCUT2D eigenvalue weighted by atomic mass is 9.91. The molecule has 0 bridgehead atoms. The van der Waals surface area contributed by atoms with Crippen molar-refractivity contribution in [2.24, 2.45) is 11.8 Å². The van der Waals surface area contributed by atoms with Crippen LogP contribution in [0, 0.1) is 11.8 Å². The summed E-state index contributed by atoms with van der Waals surface area (Å²) >= 11 is 0. The topological polar surface area (TPSA) is 12.0 Å². The van der Waals surface area contributed by atoms with E-state index in [1.807, 2.05) is 0 Å². The zero-order valence-electron chi connectivity index (χ0n) is 13.3. The summed E-state index contributed by atoms with van der Waals surface area (Å²) in [5.74, 6) is 1.92. The molecule has 1 aromatic carbocycles. The van der Waals surface area contributed by atoms with E-state index in [4.69, 9.17) is 0 Å². The summed E-state index contributed by atoms with van der Waals surface area (Å²) in [5.41, 5.74) is 1.49. The van der Waals surface area contributed by atoms with Gasteiger partial charge in [-0.25, -0.2) is 0 Å². The Kier molecular flexibility index (Phi) is 6.59. The minimum Gasteiger partial charge on any atom is -0.314 e. The van der Waals surface area contributed by atoms with Crippen LogP contribution in [0.25, 0.3) is 0 Å². The van der Waals surface area contributed by atoms with Gasteiger partial charge in [0.1, 0.15) is 0 Å². The van der Waals surface area contributed by atoms with Crippen molar-refractivity contribution >= 4 is 0 Å². The Balaban J connectivity index is 1.77. The Morgan fingerprint density at radius 2 is 1.95 bits per heavy atom. The average Bonchev–Trinajstić information content (AvgIpc) is 2.96. The number of hydrogen-bond donors (Lipinski definition) is 1. The summed E-state index contributed by atoms with van der Waals surface area (Å²) in [6.07, 6.45) is 9.62. The zero-order chi connectivity index (χ0) is 14.2. The molecule has 0 heterocycles. The van der Waals surface area contributed by atoms with Gasteiger partial charge in [0.2, 0.25) is 0 Å². The van der Waals surface area contributed by atoms with Gasteiger partial charge in [0.15, 0.2) is 0 Å². The number of hydrogen-bond acceptors (Lipinski definition) is 1. The van der Waals surface area contributed by atoms with E-state index in [-0.39, 0.29) is 0 Å². The minimum absolute atomic E-state index is 0.750.